The van der Waals surface area contributed by atoms with Gasteiger partial charge in [0.05, 0.1) is 23.4 Å². The maximum absolute atomic E-state index is 13.4. The molecule has 0 aliphatic carbocycles. The lowest BCUT2D eigenvalue weighted by Crippen LogP contribution is -2.30. The van der Waals surface area contributed by atoms with Gasteiger partial charge in [0.25, 0.3) is 5.91 Å². The number of nitrogens with zero attached hydrogens (tertiary/aromatic N) is 4. The van der Waals surface area contributed by atoms with E-state index in [1.165, 1.54) is 23.9 Å². The number of rotatable bonds is 7. The van der Waals surface area contributed by atoms with Crippen molar-refractivity contribution in [2.75, 3.05) is 17.2 Å². The molecule has 1 N–H and O–H groups in total. The number of amides is 2. The van der Waals surface area contributed by atoms with Gasteiger partial charge in [-0.3, -0.25) is 14.2 Å². The van der Waals surface area contributed by atoms with Gasteiger partial charge in [0.15, 0.2) is 11.0 Å². The number of para-hydroxylation sites is 1. The molecule has 5 rings (SSSR count). The first kappa shape index (κ1) is 26.5. The number of alkyl halides is 3. The molecule has 0 saturated carbocycles. The Morgan fingerprint density at radius 1 is 1.00 bits per heavy atom. The second-order valence-electron chi connectivity index (χ2n) is 9.01. The van der Waals surface area contributed by atoms with E-state index >= 15 is 0 Å². The summed E-state index contributed by atoms with van der Waals surface area (Å²) in [5.74, 6) is -0.509. The molecule has 0 bridgehead atoms. The van der Waals surface area contributed by atoms with Crippen LogP contribution in [0.1, 0.15) is 32.9 Å². The third-order valence-corrected chi connectivity index (χ3v) is 7.27. The second-order valence-corrected chi connectivity index (χ2v) is 9.95. The van der Waals surface area contributed by atoms with E-state index in [0.717, 1.165) is 35.4 Å². The number of hydrogen-bond donors (Lipinski definition) is 1. The van der Waals surface area contributed by atoms with Crippen molar-refractivity contribution in [1.29, 1.82) is 0 Å². The van der Waals surface area contributed by atoms with Gasteiger partial charge in [0, 0.05) is 17.9 Å². The fraction of sp³-hybridized carbons (Fsp3) is 0.214. The van der Waals surface area contributed by atoms with Crippen molar-refractivity contribution in [1.82, 2.24) is 20.1 Å². The Labute approximate surface area is 227 Å². The van der Waals surface area contributed by atoms with Crippen molar-refractivity contribution in [2.24, 2.45) is 0 Å². The van der Waals surface area contributed by atoms with Gasteiger partial charge in [-0.15, -0.1) is 10.2 Å². The first-order valence-corrected chi connectivity index (χ1v) is 13.2. The fourth-order valence-corrected chi connectivity index (χ4v) is 5.37. The summed E-state index contributed by atoms with van der Waals surface area (Å²) in [6, 6.07) is 19.9. The SMILES string of the molecule is Cc1cccc(-n2c(CNC(=O)c3ccccc3C(F)(F)F)nnc2SCC(=O)N2CCc3ccccc32)c1. The molecule has 1 aromatic heterocycles. The summed E-state index contributed by atoms with van der Waals surface area (Å²) in [6.07, 6.45) is -3.87. The number of anilines is 1. The molecule has 1 aliphatic heterocycles. The van der Waals surface area contributed by atoms with Crippen LogP contribution in [0.3, 0.4) is 0 Å². The van der Waals surface area contributed by atoms with Crippen molar-refractivity contribution in [3.63, 3.8) is 0 Å². The minimum absolute atomic E-state index is 0.0673. The highest BCUT2D eigenvalue weighted by molar-refractivity contribution is 7.99. The lowest BCUT2D eigenvalue weighted by Gasteiger charge is -2.17. The van der Waals surface area contributed by atoms with E-state index in [2.05, 4.69) is 15.5 Å². The van der Waals surface area contributed by atoms with Crippen molar-refractivity contribution < 1.29 is 22.8 Å². The number of fused-ring (bicyclic) bond motifs is 1. The quantitative estimate of drug-likeness (QED) is 0.319. The van der Waals surface area contributed by atoms with Gasteiger partial charge in [-0.2, -0.15) is 13.2 Å². The summed E-state index contributed by atoms with van der Waals surface area (Å²) < 4.78 is 41.9. The predicted octanol–water partition coefficient (Wildman–Crippen LogP) is 5.21. The Morgan fingerprint density at radius 3 is 2.56 bits per heavy atom. The third-order valence-electron chi connectivity index (χ3n) is 6.36. The number of aromatic nitrogens is 3. The molecule has 0 unspecified atom stereocenters. The summed E-state index contributed by atoms with van der Waals surface area (Å²) in [4.78, 5) is 27.6. The van der Waals surface area contributed by atoms with E-state index in [-0.39, 0.29) is 18.2 Å². The van der Waals surface area contributed by atoms with Crippen LogP contribution in [-0.2, 0) is 23.9 Å². The van der Waals surface area contributed by atoms with Gasteiger partial charge < -0.3 is 10.2 Å². The Balaban J connectivity index is 1.36. The lowest BCUT2D eigenvalue weighted by molar-refractivity contribution is -0.138. The van der Waals surface area contributed by atoms with Crippen molar-refractivity contribution in [3.05, 3.63) is 101 Å². The molecule has 39 heavy (non-hydrogen) atoms. The molecule has 0 spiro atoms. The van der Waals surface area contributed by atoms with Crippen LogP contribution in [0.25, 0.3) is 5.69 Å². The van der Waals surface area contributed by atoms with Crippen LogP contribution in [0.4, 0.5) is 18.9 Å². The minimum Gasteiger partial charge on any atom is -0.345 e. The smallest absolute Gasteiger partial charge is 0.345 e. The molecule has 2 amide bonds. The van der Waals surface area contributed by atoms with Crippen LogP contribution >= 0.6 is 11.8 Å². The van der Waals surface area contributed by atoms with E-state index < -0.39 is 23.2 Å². The molecular formula is C28H24F3N5O2S. The Kier molecular flexibility index (Phi) is 7.42. The number of carbonyl (C=O) groups is 2. The Bertz CT molecular complexity index is 1540. The highest BCUT2D eigenvalue weighted by Gasteiger charge is 2.35. The zero-order valence-corrected chi connectivity index (χ0v) is 21.7. The summed E-state index contributed by atoms with van der Waals surface area (Å²) in [5.41, 5.74) is 2.23. The largest absolute Gasteiger partial charge is 0.417 e. The van der Waals surface area contributed by atoms with Gasteiger partial charge in [0.2, 0.25) is 5.91 Å². The molecule has 11 heteroatoms. The van der Waals surface area contributed by atoms with Crippen LogP contribution in [0, 0.1) is 6.92 Å². The highest BCUT2D eigenvalue weighted by Crippen LogP contribution is 2.32. The summed E-state index contributed by atoms with van der Waals surface area (Å²) in [6.45, 7) is 2.37. The monoisotopic (exact) mass is 551 g/mol. The van der Waals surface area contributed by atoms with Gasteiger partial charge in [0.1, 0.15) is 0 Å². The molecule has 1 aliphatic rings. The average molecular weight is 552 g/mol. The van der Waals surface area contributed by atoms with Crippen molar-refractivity contribution >= 4 is 29.3 Å². The maximum Gasteiger partial charge on any atom is 0.417 e. The predicted molar refractivity (Wildman–Crippen MR) is 142 cm³/mol. The van der Waals surface area contributed by atoms with E-state index in [1.54, 1.807) is 9.47 Å². The fourth-order valence-electron chi connectivity index (χ4n) is 4.52. The third kappa shape index (κ3) is 5.68. The number of halogens is 3. The molecule has 0 fully saturated rings. The number of benzene rings is 3. The number of nitrogens with one attached hydrogen (secondary N) is 1. The molecule has 200 valence electrons. The summed E-state index contributed by atoms with van der Waals surface area (Å²) >= 11 is 1.21. The number of aryl methyl sites for hydroxylation is 1. The number of hydrogen-bond acceptors (Lipinski definition) is 5. The zero-order chi connectivity index (χ0) is 27.6. The van der Waals surface area contributed by atoms with Gasteiger partial charge in [-0.1, -0.05) is 54.2 Å². The van der Waals surface area contributed by atoms with Crippen molar-refractivity contribution in [2.45, 2.75) is 31.2 Å². The molecule has 7 nitrogen and oxygen atoms in total. The molecule has 2 heterocycles. The van der Waals surface area contributed by atoms with Crippen LogP contribution in [-0.4, -0.2) is 38.9 Å². The minimum atomic E-state index is -4.66. The number of thioether (sulfide) groups is 1. The van der Waals surface area contributed by atoms with Crippen molar-refractivity contribution in [3.8, 4) is 5.69 Å². The van der Waals surface area contributed by atoms with Gasteiger partial charge in [-0.25, -0.2) is 0 Å². The zero-order valence-electron chi connectivity index (χ0n) is 20.9. The topological polar surface area (TPSA) is 80.1 Å². The van der Waals surface area contributed by atoms with E-state index in [1.807, 2.05) is 55.5 Å². The maximum atomic E-state index is 13.4. The van der Waals surface area contributed by atoms with E-state index in [9.17, 15) is 22.8 Å². The highest BCUT2D eigenvalue weighted by atomic mass is 32.2. The first-order valence-electron chi connectivity index (χ1n) is 12.2. The Morgan fingerprint density at radius 2 is 1.77 bits per heavy atom. The molecule has 0 saturated heterocycles. The lowest BCUT2D eigenvalue weighted by atomic mass is 10.1. The van der Waals surface area contributed by atoms with Gasteiger partial charge in [-0.05, 0) is 54.8 Å². The Hall–Kier alpha value is -4.12. The molecular weight excluding hydrogens is 527 g/mol. The van der Waals surface area contributed by atoms with E-state index in [4.69, 9.17) is 0 Å². The standard InChI is InChI=1S/C28H24F3N5O2S/c1-18-7-6-9-20(15-18)36-24(16-32-26(38)21-10-3-4-11-22(21)28(29,30)31)33-34-27(36)39-17-25(37)35-14-13-19-8-2-5-12-23(19)35/h2-12,15H,13-14,16-17H2,1H3,(H,32,38). The molecule has 4 aromatic rings. The van der Waals surface area contributed by atoms with E-state index in [0.29, 0.717) is 23.2 Å². The summed E-state index contributed by atoms with van der Waals surface area (Å²) in [5, 5.41) is 11.4. The first-order chi connectivity index (χ1) is 18.7. The van der Waals surface area contributed by atoms with Gasteiger partial charge >= 0.3 is 6.18 Å². The average Bonchev–Trinajstić information content (AvgIpc) is 3.54. The number of carbonyl (C=O) groups excluding carboxylic acids is 2. The second kappa shape index (κ2) is 10.9. The normalized spacial score (nSPS) is 12.9. The summed E-state index contributed by atoms with van der Waals surface area (Å²) in [7, 11) is 0. The van der Waals surface area contributed by atoms with Crippen LogP contribution in [0.2, 0.25) is 0 Å². The van der Waals surface area contributed by atoms with Crippen LogP contribution in [0.15, 0.2) is 78.0 Å². The molecule has 0 radical (unpaired) electrons. The van der Waals surface area contributed by atoms with Crippen LogP contribution < -0.4 is 10.2 Å². The molecule has 3 aromatic carbocycles. The molecule has 0 atom stereocenters. The van der Waals surface area contributed by atoms with Crippen LogP contribution in [0.5, 0.6) is 0 Å².